The van der Waals surface area contributed by atoms with E-state index < -0.39 is 11.6 Å². The predicted molar refractivity (Wildman–Crippen MR) is 54.3 cm³/mol. The van der Waals surface area contributed by atoms with Gasteiger partial charge in [-0.05, 0) is 18.1 Å². The average molecular weight is 199 g/mol. The van der Waals surface area contributed by atoms with Crippen LogP contribution >= 0.6 is 0 Å². The highest BCUT2D eigenvalue weighted by molar-refractivity contribution is 5.44. The molecule has 0 aliphatic heterocycles. The van der Waals surface area contributed by atoms with Gasteiger partial charge < -0.3 is 5.32 Å². The molecule has 1 unspecified atom stereocenters. The van der Waals surface area contributed by atoms with Gasteiger partial charge in [-0.15, -0.1) is 0 Å². The van der Waals surface area contributed by atoms with Crippen molar-refractivity contribution >= 4 is 5.69 Å². The minimum atomic E-state index is -0.545. The van der Waals surface area contributed by atoms with Crippen molar-refractivity contribution in [3.8, 4) is 0 Å². The first-order valence-electron chi connectivity index (χ1n) is 4.82. The van der Waals surface area contributed by atoms with Gasteiger partial charge in [-0.1, -0.05) is 20.3 Å². The SMILES string of the molecule is CCC(C)CNc1ccc(F)cc1F. The molecule has 1 aromatic rings. The highest BCUT2D eigenvalue weighted by Crippen LogP contribution is 2.15. The number of hydrogen-bond donors (Lipinski definition) is 1. The van der Waals surface area contributed by atoms with Crippen molar-refractivity contribution < 1.29 is 8.78 Å². The molecular formula is C11H15F2N. The second-order valence-electron chi connectivity index (χ2n) is 3.52. The van der Waals surface area contributed by atoms with Crippen LogP contribution in [0.15, 0.2) is 18.2 Å². The summed E-state index contributed by atoms with van der Waals surface area (Å²) in [5, 5.41) is 2.95. The Morgan fingerprint density at radius 2 is 2.07 bits per heavy atom. The first-order chi connectivity index (χ1) is 6.63. The average Bonchev–Trinajstić information content (AvgIpc) is 2.16. The highest BCUT2D eigenvalue weighted by atomic mass is 19.1. The molecule has 0 radical (unpaired) electrons. The summed E-state index contributed by atoms with van der Waals surface area (Å²) >= 11 is 0. The third kappa shape index (κ3) is 2.98. The third-order valence-corrected chi connectivity index (χ3v) is 2.27. The van der Waals surface area contributed by atoms with Crippen LogP contribution in [0.3, 0.4) is 0 Å². The summed E-state index contributed by atoms with van der Waals surface area (Å²) < 4.78 is 25.6. The third-order valence-electron chi connectivity index (χ3n) is 2.27. The fourth-order valence-electron chi connectivity index (χ4n) is 1.06. The van der Waals surface area contributed by atoms with Crippen molar-refractivity contribution in [3.05, 3.63) is 29.8 Å². The van der Waals surface area contributed by atoms with Gasteiger partial charge in [0.15, 0.2) is 0 Å². The fraction of sp³-hybridized carbons (Fsp3) is 0.455. The number of hydrogen-bond acceptors (Lipinski definition) is 1. The summed E-state index contributed by atoms with van der Waals surface area (Å²) in [4.78, 5) is 0. The van der Waals surface area contributed by atoms with E-state index >= 15 is 0 Å². The number of halogens is 2. The van der Waals surface area contributed by atoms with Crippen LogP contribution in [0.4, 0.5) is 14.5 Å². The van der Waals surface area contributed by atoms with Crippen molar-refractivity contribution in [3.63, 3.8) is 0 Å². The Balaban J connectivity index is 2.59. The van der Waals surface area contributed by atoms with Crippen LogP contribution in [0.5, 0.6) is 0 Å². The molecular weight excluding hydrogens is 184 g/mol. The van der Waals surface area contributed by atoms with Gasteiger partial charge in [-0.25, -0.2) is 8.78 Å². The predicted octanol–water partition coefficient (Wildman–Crippen LogP) is 3.42. The lowest BCUT2D eigenvalue weighted by molar-refractivity contribution is 0.573. The molecule has 0 saturated carbocycles. The van der Waals surface area contributed by atoms with Gasteiger partial charge >= 0.3 is 0 Å². The zero-order chi connectivity index (χ0) is 10.6. The Hall–Kier alpha value is -1.12. The molecule has 0 aliphatic rings. The number of nitrogens with one attached hydrogen (secondary N) is 1. The topological polar surface area (TPSA) is 12.0 Å². The molecule has 1 atom stereocenters. The zero-order valence-corrected chi connectivity index (χ0v) is 8.48. The Bertz CT molecular complexity index is 299. The van der Waals surface area contributed by atoms with Gasteiger partial charge in [0, 0.05) is 12.6 Å². The quantitative estimate of drug-likeness (QED) is 0.783. The molecule has 3 heteroatoms. The molecule has 0 amide bonds. The van der Waals surface area contributed by atoms with Crippen molar-refractivity contribution in [1.29, 1.82) is 0 Å². The van der Waals surface area contributed by atoms with E-state index in [2.05, 4.69) is 19.2 Å². The summed E-state index contributed by atoms with van der Waals surface area (Å²) in [5.41, 5.74) is 0.367. The molecule has 0 bridgehead atoms. The highest BCUT2D eigenvalue weighted by Gasteiger charge is 2.04. The van der Waals surface area contributed by atoms with E-state index in [0.717, 1.165) is 12.5 Å². The molecule has 1 N–H and O–H groups in total. The maximum Gasteiger partial charge on any atom is 0.149 e. The molecule has 0 aromatic heterocycles. The molecule has 0 fully saturated rings. The smallest absolute Gasteiger partial charge is 0.149 e. The summed E-state index contributed by atoms with van der Waals surface area (Å²) in [6, 6.07) is 3.56. The van der Waals surface area contributed by atoms with E-state index in [1.807, 2.05) is 0 Å². The summed E-state index contributed by atoms with van der Waals surface area (Å²) in [6.07, 6.45) is 1.04. The van der Waals surface area contributed by atoms with Gasteiger partial charge in [0.25, 0.3) is 0 Å². The molecule has 0 spiro atoms. The van der Waals surface area contributed by atoms with Crippen LogP contribution in [0.25, 0.3) is 0 Å². The molecule has 78 valence electrons. The van der Waals surface area contributed by atoms with Crippen molar-refractivity contribution in [2.75, 3.05) is 11.9 Å². The second kappa shape index (κ2) is 4.94. The zero-order valence-electron chi connectivity index (χ0n) is 8.48. The second-order valence-corrected chi connectivity index (χ2v) is 3.52. The Morgan fingerprint density at radius 1 is 1.36 bits per heavy atom. The molecule has 1 aromatic carbocycles. The molecule has 14 heavy (non-hydrogen) atoms. The van der Waals surface area contributed by atoms with Crippen LogP contribution in [0.2, 0.25) is 0 Å². The van der Waals surface area contributed by atoms with Crippen LogP contribution < -0.4 is 5.32 Å². The lowest BCUT2D eigenvalue weighted by atomic mass is 10.1. The molecule has 1 rings (SSSR count). The minimum Gasteiger partial charge on any atom is -0.382 e. The maximum absolute atomic E-state index is 13.1. The lowest BCUT2D eigenvalue weighted by Gasteiger charge is -2.11. The molecule has 0 aliphatic carbocycles. The van der Waals surface area contributed by atoms with E-state index in [-0.39, 0.29) is 0 Å². The number of anilines is 1. The normalized spacial score (nSPS) is 12.6. The molecule has 0 saturated heterocycles. The number of benzene rings is 1. The molecule has 0 heterocycles. The number of rotatable bonds is 4. The van der Waals surface area contributed by atoms with Crippen molar-refractivity contribution in [1.82, 2.24) is 0 Å². The van der Waals surface area contributed by atoms with E-state index in [4.69, 9.17) is 0 Å². The molecule has 1 nitrogen and oxygen atoms in total. The Kier molecular flexibility index (Phi) is 3.86. The van der Waals surface area contributed by atoms with Crippen LogP contribution in [-0.4, -0.2) is 6.54 Å². The van der Waals surface area contributed by atoms with Crippen LogP contribution in [0, 0.1) is 17.6 Å². The Labute approximate surface area is 83.1 Å². The van der Waals surface area contributed by atoms with Gasteiger partial charge in [0.2, 0.25) is 0 Å². The van der Waals surface area contributed by atoms with E-state index in [1.165, 1.54) is 12.1 Å². The first kappa shape index (κ1) is 11.0. The lowest BCUT2D eigenvalue weighted by Crippen LogP contribution is -2.11. The van der Waals surface area contributed by atoms with Gasteiger partial charge in [0.05, 0.1) is 5.69 Å². The first-order valence-corrected chi connectivity index (χ1v) is 4.82. The van der Waals surface area contributed by atoms with Crippen LogP contribution in [-0.2, 0) is 0 Å². The van der Waals surface area contributed by atoms with E-state index in [9.17, 15) is 8.78 Å². The van der Waals surface area contributed by atoms with Gasteiger partial charge in [-0.3, -0.25) is 0 Å². The van der Waals surface area contributed by atoms with Crippen molar-refractivity contribution in [2.24, 2.45) is 5.92 Å². The Morgan fingerprint density at radius 3 is 2.64 bits per heavy atom. The van der Waals surface area contributed by atoms with E-state index in [0.29, 0.717) is 18.2 Å². The maximum atomic E-state index is 13.1. The van der Waals surface area contributed by atoms with Gasteiger partial charge in [0.1, 0.15) is 11.6 Å². The fourth-order valence-corrected chi connectivity index (χ4v) is 1.06. The monoisotopic (exact) mass is 199 g/mol. The largest absolute Gasteiger partial charge is 0.382 e. The van der Waals surface area contributed by atoms with Crippen molar-refractivity contribution in [2.45, 2.75) is 20.3 Å². The summed E-state index contributed by atoms with van der Waals surface area (Å²) in [5.74, 6) is -0.593. The summed E-state index contributed by atoms with van der Waals surface area (Å²) in [7, 11) is 0. The van der Waals surface area contributed by atoms with E-state index in [1.54, 1.807) is 0 Å². The summed E-state index contributed by atoms with van der Waals surface area (Å²) in [6.45, 7) is 4.86. The minimum absolute atomic E-state index is 0.367. The van der Waals surface area contributed by atoms with Crippen LogP contribution in [0.1, 0.15) is 20.3 Å². The standard InChI is InChI=1S/C11H15F2N/c1-3-8(2)7-14-11-5-4-9(12)6-10(11)13/h4-6,8,14H,3,7H2,1-2H3. The van der Waals surface area contributed by atoms with Gasteiger partial charge in [-0.2, -0.15) is 0 Å².